The summed E-state index contributed by atoms with van der Waals surface area (Å²) < 4.78 is 23.6. The molecule has 1 aromatic carbocycles. The van der Waals surface area contributed by atoms with Crippen LogP contribution >= 0.6 is 0 Å². The Labute approximate surface area is 182 Å². The molecule has 0 bridgehead atoms. The number of rotatable bonds is 11. The zero-order valence-electron chi connectivity index (χ0n) is 19.3. The van der Waals surface area contributed by atoms with Crippen molar-refractivity contribution in [3.63, 3.8) is 0 Å². The fraction of sp³-hybridized carbons (Fsp3) is 0.636. The number of hydrogen-bond donors (Lipinski definition) is 2. The van der Waals surface area contributed by atoms with Crippen LogP contribution in [0.25, 0.3) is 0 Å². The van der Waals surface area contributed by atoms with Gasteiger partial charge in [-0.2, -0.15) is 0 Å². The molecule has 0 aliphatic rings. The maximum absolute atomic E-state index is 12.0. The van der Waals surface area contributed by atoms with Crippen LogP contribution in [0.3, 0.4) is 0 Å². The number of sulfone groups is 1. The van der Waals surface area contributed by atoms with Crippen molar-refractivity contribution in [2.24, 2.45) is 10.9 Å². The minimum Gasteiger partial charge on any atom is -0.356 e. The second kappa shape index (κ2) is 12.6. The SMILES string of the molecule is CCCCC(CC)CNC(=NCc1ccc(S(C)(=O)=O)c(C)c1)NCC(=O)N(C)C. The van der Waals surface area contributed by atoms with Gasteiger partial charge in [0.15, 0.2) is 15.8 Å². The number of nitrogens with zero attached hydrogens (tertiary/aromatic N) is 2. The predicted molar refractivity (Wildman–Crippen MR) is 123 cm³/mol. The van der Waals surface area contributed by atoms with Gasteiger partial charge in [-0.1, -0.05) is 45.2 Å². The number of guanidine groups is 1. The molecule has 1 atom stereocenters. The average Bonchev–Trinajstić information content (AvgIpc) is 2.68. The third-order valence-electron chi connectivity index (χ3n) is 5.07. The molecule has 8 heteroatoms. The Kier molecular flexibility index (Phi) is 10.9. The molecular formula is C22H38N4O3S. The predicted octanol–water partition coefficient (Wildman–Crippen LogP) is 2.74. The normalized spacial score (nSPS) is 13.1. The molecule has 0 aliphatic carbocycles. The lowest BCUT2D eigenvalue weighted by Crippen LogP contribution is -2.44. The lowest BCUT2D eigenvalue weighted by molar-refractivity contribution is -0.127. The highest BCUT2D eigenvalue weighted by molar-refractivity contribution is 7.90. The summed E-state index contributed by atoms with van der Waals surface area (Å²) in [7, 11) is 0.202. The van der Waals surface area contributed by atoms with E-state index >= 15 is 0 Å². The van der Waals surface area contributed by atoms with Crippen molar-refractivity contribution >= 4 is 21.7 Å². The van der Waals surface area contributed by atoms with E-state index in [0.29, 0.717) is 28.9 Å². The molecule has 1 rings (SSSR count). The minimum absolute atomic E-state index is 0.0316. The number of aryl methyl sites for hydroxylation is 1. The van der Waals surface area contributed by atoms with Crippen LogP contribution in [0.5, 0.6) is 0 Å². The number of carbonyl (C=O) groups is 1. The molecule has 0 spiro atoms. The summed E-state index contributed by atoms with van der Waals surface area (Å²) in [4.78, 5) is 18.4. The number of unbranched alkanes of at least 4 members (excludes halogenated alkanes) is 1. The molecule has 1 amide bonds. The maximum atomic E-state index is 12.0. The van der Waals surface area contributed by atoms with E-state index in [1.165, 1.54) is 24.0 Å². The molecule has 30 heavy (non-hydrogen) atoms. The second-order valence-electron chi connectivity index (χ2n) is 7.98. The third-order valence-corrected chi connectivity index (χ3v) is 6.32. The van der Waals surface area contributed by atoms with Gasteiger partial charge in [0.05, 0.1) is 18.0 Å². The number of likely N-dealkylation sites (N-methyl/N-ethyl adjacent to an activating group) is 1. The zero-order chi connectivity index (χ0) is 22.7. The van der Waals surface area contributed by atoms with Crippen molar-refractivity contribution < 1.29 is 13.2 Å². The van der Waals surface area contributed by atoms with Crippen LogP contribution in [-0.2, 0) is 21.2 Å². The Balaban J connectivity index is 2.90. The molecule has 0 saturated carbocycles. The smallest absolute Gasteiger partial charge is 0.241 e. The number of carbonyl (C=O) groups excluding carboxylic acids is 1. The summed E-state index contributed by atoms with van der Waals surface area (Å²) in [5, 5.41) is 6.48. The first-order chi connectivity index (χ1) is 14.1. The van der Waals surface area contributed by atoms with Gasteiger partial charge in [0.25, 0.3) is 0 Å². The molecular weight excluding hydrogens is 400 g/mol. The summed E-state index contributed by atoms with van der Waals surface area (Å²) in [5.41, 5.74) is 1.62. The van der Waals surface area contributed by atoms with E-state index in [0.717, 1.165) is 24.9 Å². The van der Waals surface area contributed by atoms with Crippen LogP contribution in [0.4, 0.5) is 0 Å². The number of hydrogen-bond acceptors (Lipinski definition) is 4. The maximum Gasteiger partial charge on any atom is 0.241 e. The van der Waals surface area contributed by atoms with Gasteiger partial charge in [0, 0.05) is 26.9 Å². The number of nitrogens with one attached hydrogen (secondary N) is 2. The lowest BCUT2D eigenvalue weighted by Gasteiger charge is -2.19. The fourth-order valence-electron chi connectivity index (χ4n) is 3.07. The first-order valence-corrected chi connectivity index (χ1v) is 12.5. The highest BCUT2D eigenvalue weighted by atomic mass is 32.2. The van der Waals surface area contributed by atoms with Crippen LogP contribution in [-0.4, -0.2) is 58.6 Å². The Morgan fingerprint density at radius 1 is 1.20 bits per heavy atom. The van der Waals surface area contributed by atoms with Gasteiger partial charge in [-0.15, -0.1) is 0 Å². The van der Waals surface area contributed by atoms with Crippen LogP contribution in [0.1, 0.15) is 50.7 Å². The molecule has 170 valence electrons. The van der Waals surface area contributed by atoms with Crippen LogP contribution in [0.15, 0.2) is 28.1 Å². The molecule has 0 aromatic heterocycles. The summed E-state index contributed by atoms with van der Waals surface area (Å²) >= 11 is 0. The quantitative estimate of drug-likeness (QED) is 0.409. The lowest BCUT2D eigenvalue weighted by atomic mass is 9.99. The van der Waals surface area contributed by atoms with E-state index in [4.69, 9.17) is 0 Å². The summed E-state index contributed by atoms with van der Waals surface area (Å²) in [5.74, 6) is 1.11. The van der Waals surface area contributed by atoms with Crippen LogP contribution < -0.4 is 10.6 Å². The van der Waals surface area contributed by atoms with E-state index in [-0.39, 0.29) is 12.5 Å². The van der Waals surface area contributed by atoms with Crippen molar-refractivity contribution in [2.75, 3.05) is 33.4 Å². The van der Waals surface area contributed by atoms with Crippen molar-refractivity contribution in [3.05, 3.63) is 29.3 Å². The fourth-order valence-corrected chi connectivity index (χ4v) is 4.03. The standard InChI is InChI=1S/C22H38N4O3S/c1-7-9-10-18(8-2)14-23-22(25-16-21(27)26(4)5)24-15-19-11-12-20(17(3)13-19)30(6,28)29/h11-13,18H,7-10,14-16H2,1-6H3,(H2,23,24,25). The first-order valence-electron chi connectivity index (χ1n) is 10.6. The van der Waals surface area contributed by atoms with E-state index in [1.807, 2.05) is 6.07 Å². The molecule has 1 unspecified atom stereocenters. The molecule has 0 fully saturated rings. The van der Waals surface area contributed by atoms with Crippen LogP contribution in [0.2, 0.25) is 0 Å². The number of amides is 1. The average molecular weight is 439 g/mol. The van der Waals surface area contributed by atoms with Gasteiger partial charge in [0.2, 0.25) is 5.91 Å². The Morgan fingerprint density at radius 2 is 1.90 bits per heavy atom. The highest BCUT2D eigenvalue weighted by Gasteiger charge is 2.12. The summed E-state index contributed by atoms with van der Waals surface area (Å²) in [6, 6.07) is 5.26. The summed E-state index contributed by atoms with van der Waals surface area (Å²) in [6.45, 7) is 7.52. The van der Waals surface area contributed by atoms with Crippen molar-refractivity contribution in [2.45, 2.75) is 57.9 Å². The van der Waals surface area contributed by atoms with Crippen molar-refractivity contribution in [1.29, 1.82) is 0 Å². The minimum atomic E-state index is -3.24. The Bertz CT molecular complexity index is 820. The Morgan fingerprint density at radius 3 is 2.43 bits per heavy atom. The van der Waals surface area contributed by atoms with Gasteiger partial charge in [-0.25, -0.2) is 13.4 Å². The monoisotopic (exact) mass is 438 g/mol. The molecule has 7 nitrogen and oxygen atoms in total. The third kappa shape index (κ3) is 9.15. The molecule has 0 heterocycles. The molecule has 0 radical (unpaired) electrons. The van der Waals surface area contributed by atoms with Crippen molar-refractivity contribution in [3.8, 4) is 0 Å². The number of aliphatic imine (C=N–C) groups is 1. The molecule has 2 N–H and O–H groups in total. The molecule has 1 aromatic rings. The van der Waals surface area contributed by atoms with Gasteiger partial charge in [0.1, 0.15) is 0 Å². The topological polar surface area (TPSA) is 90.9 Å². The van der Waals surface area contributed by atoms with E-state index in [2.05, 4.69) is 29.5 Å². The summed E-state index contributed by atoms with van der Waals surface area (Å²) in [6.07, 6.45) is 5.84. The van der Waals surface area contributed by atoms with Crippen LogP contribution in [0, 0.1) is 12.8 Å². The number of benzene rings is 1. The van der Waals surface area contributed by atoms with E-state index in [9.17, 15) is 13.2 Å². The van der Waals surface area contributed by atoms with Gasteiger partial charge in [-0.3, -0.25) is 4.79 Å². The highest BCUT2D eigenvalue weighted by Crippen LogP contribution is 2.17. The largest absolute Gasteiger partial charge is 0.356 e. The van der Waals surface area contributed by atoms with Gasteiger partial charge >= 0.3 is 0 Å². The second-order valence-corrected chi connectivity index (χ2v) is 9.96. The van der Waals surface area contributed by atoms with Gasteiger partial charge in [-0.05, 0) is 36.5 Å². The molecule has 0 aliphatic heterocycles. The Hall–Kier alpha value is -2.09. The van der Waals surface area contributed by atoms with Crippen molar-refractivity contribution in [1.82, 2.24) is 15.5 Å². The zero-order valence-corrected chi connectivity index (χ0v) is 20.1. The van der Waals surface area contributed by atoms with E-state index < -0.39 is 9.84 Å². The van der Waals surface area contributed by atoms with E-state index in [1.54, 1.807) is 33.2 Å². The molecule has 0 saturated heterocycles. The van der Waals surface area contributed by atoms with Gasteiger partial charge < -0.3 is 15.5 Å². The first kappa shape index (κ1) is 25.9.